The van der Waals surface area contributed by atoms with Gasteiger partial charge in [-0.3, -0.25) is 9.78 Å². The number of hydrogen-bond acceptors (Lipinski definition) is 4. The lowest BCUT2D eigenvalue weighted by molar-refractivity contribution is -0.115. The summed E-state index contributed by atoms with van der Waals surface area (Å²) in [6, 6.07) is 18.2. The summed E-state index contributed by atoms with van der Waals surface area (Å²) >= 11 is 0. The van der Waals surface area contributed by atoms with E-state index in [0.29, 0.717) is 5.82 Å². The highest BCUT2D eigenvalue weighted by Gasteiger charge is 2.09. The summed E-state index contributed by atoms with van der Waals surface area (Å²) in [7, 11) is 0. The SMILES string of the molecule is Cc1cc(CC(=O)Nc2ccc(-c3ccccn3)cn2)ccc1-c1ccnc(F)c1. The van der Waals surface area contributed by atoms with Gasteiger partial charge >= 0.3 is 0 Å². The van der Waals surface area contributed by atoms with Crippen LogP contribution in [0.1, 0.15) is 11.1 Å². The van der Waals surface area contributed by atoms with Crippen molar-refractivity contribution in [3.05, 3.63) is 96.3 Å². The normalized spacial score (nSPS) is 10.6. The van der Waals surface area contributed by atoms with Gasteiger partial charge in [-0.15, -0.1) is 0 Å². The molecule has 5 nitrogen and oxygen atoms in total. The number of pyridine rings is 3. The molecule has 6 heteroatoms. The minimum atomic E-state index is -0.517. The van der Waals surface area contributed by atoms with Gasteiger partial charge in [0.25, 0.3) is 0 Å². The molecule has 3 aromatic heterocycles. The third-order valence-corrected chi connectivity index (χ3v) is 4.68. The quantitative estimate of drug-likeness (QED) is 0.489. The van der Waals surface area contributed by atoms with Crippen LogP contribution < -0.4 is 5.32 Å². The second-order valence-electron chi connectivity index (χ2n) is 6.89. The number of aryl methyl sites for hydroxylation is 1. The van der Waals surface area contributed by atoms with Gasteiger partial charge < -0.3 is 5.32 Å². The maximum Gasteiger partial charge on any atom is 0.229 e. The van der Waals surface area contributed by atoms with Gasteiger partial charge in [0, 0.05) is 30.2 Å². The Morgan fingerprint density at radius 3 is 2.53 bits per heavy atom. The first-order valence-electron chi connectivity index (χ1n) is 9.47. The molecule has 1 N–H and O–H groups in total. The molecule has 3 heterocycles. The topological polar surface area (TPSA) is 67.8 Å². The van der Waals surface area contributed by atoms with Crippen molar-refractivity contribution in [1.82, 2.24) is 15.0 Å². The maximum absolute atomic E-state index is 13.4. The Morgan fingerprint density at radius 1 is 0.933 bits per heavy atom. The number of nitrogens with zero attached hydrogens (tertiary/aromatic N) is 3. The molecule has 0 aliphatic carbocycles. The number of nitrogens with one attached hydrogen (secondary N) is 1. The lowest BCUT2D eigenvalue weighted by Gasteiger charge is -2.10. The molecule has 0 bridgehead atoms. The fourth-order valence-electron chi connectivity index (χ4n) is 3.25. The monoisotopic (exact) mass is 398 g/mol. The first kappa shape index (κ1) is 19.4. The van der Waals surface area contributed by atoms with E-state index in [4.69, 9.17) is 0 Å². The molecule has 30 heavy (non-hydrogen) atoms. The summed E-state index contributed by atoms with van der Waals surface area (Å²) in [4.78, 5) is 24.6. The molecule has 0 atom stereocenters. The maximum atomic E-state index is 13.4. The number of benzene rings is 1. The van der Waals surface area contributed by atoms with E-state index in [-0.39, 0.29) is 12.3 Å². The number of halogens is 1. The third kappa shape index (κ3) is 4.55. The van der Waals surface area contributed by atoms with Crippen LogP contribution in [0.4, 0.5) is 10.2 Å². The number of aromatic nitrogens is 3. The average Bonchev–Trinajstić information content (AvgIpc) is 2.75. The van der Waals surface area contributed by atoms with Crippen molar-refractivity contribution >= 4 is 11.7 Å². The summed E-state index contributed by atoms with van der Waals surface area (Å²) in [5.74, 6) is -0.188. The Kier molecular flexibility index (Phi) is 5.57. The molecule has 1 amide bonds. The molecule has 4 rings (SSSR count). The fraction of sp³-hybridized carbons (Fsp3) is 0.0833. The summed E-state index contributed by atoms with van der Waals surface area (Å²) in [6.45, 7) is 1.94. The van der Waals surface area contributed by atoms with E-state index in [1.165, 1.54) is 12.3 Å². The Balaban J connectivity index is 1.42. The zero-order valence-corrected chi connectivity index (χ0v) is 16.3. The van der Waals surface area contributed by atoms with Crippen molar-refractivity contribution in [2.45, 2.75) is 13.3 Å². The predicted octanol–water partition coefficient (Wildman–Crippen LogP) is 4.83. The summed E-state index contributed by atoms with van der Waals surface area (Å²) in [5, 5.41) is 2.81. The number of amides is 1. The Hall–Kier alpha value is -3.93. The molecule has 0 spiro atoms. The largest absolute Gasteiger partial charge is 0.310 e. The number of hydrogen-bond donors (Lipinski definition) is 1. The van der Waals surface area contributed by atoms with Crippen molar-refractivity contribution in [3.63, 3.8) is 0 Å². The summed E-state index contributed by atoms with van der Waals surface area (Å²) < 4.78 is 13.4. The van der Waals surface area contributed by atoms with E-state index in [1.54, 1.807) is 24.5 Å². The Bertz CT molecular complexity index is 1180. The van der Waals surface area contributed by atoms with Crippen LogP contribution >= 0.6 is 0 Å². The molecule has 0 fully saturated rings. The van der Waals surface area contributed by atoms with Gasteiger partial charge in [-0.05, 0) is 59.5 Å². The van der Waals surface area contributed by atoms with Crippen molar-refractivity contribution in [2.75, 3.05) is 5.32 Å². The zero-order valence-electron chi connectivity index (χ0n) is 16.3. The third-order valence-electron chi connectivity index (χ3n) is 4.68. The van der Waals surface area contributed by atoms with Crippen molar-refractivity contribution in [1.29, 1.82) is 0 Å². The van der Waals surface area contributed by atoms with Gasteiger partial charge in [-0.2, -0.15) is 4.39 Å². The first-order chi connectivity index (χ1) is 14.6. The van der Waals surface area contributed by atoms with Crippen LogP contribution in [0.15, 0.2) is 79.3 Å². The molecule has 0 radical (unpaired) electrons. The molecule has 4 aromatic rings. The van der Waals surface area contributed by atoms with E-state index in [0.717, 1.165) is 33.5 Å². The van der Waals surface area contributed by atoms with Crippen molar-refractivity contribution in [2.24, 2.45) is 0 Å². The van der Waals surface area contributed by atoms with Crippen molar-refractivity contribution in [3.8, 4) is 22.4 Å². The lowest BCUT2D eigenvalue weighted by atomic mass is 9.98. The minimum absolute atomic E-state index is 0.157. The average molecular weight is 398 g/mol. The Labute approximate surface area is 173 Å². The smallest absolute Gasteiger partial charge is 0.229 e. The van der Waals surface area contributed by atoms with Crippen LogP contribution in [0.3, 0.4) is 0 Å². The molecule has 0 unspecified atom stereocenters. The molecular formula is C24H19FN4O. The van der Waals surface area contributed by atoms with Crippen LogP contribution in [0.5, 0.6) is 0 Å². The van der Waals surface area contributed by atoms with Crippen LogP contribution in [-0.2, 0) is 11.2 Å². The summed E-state index contributed by atoms with van der Waals surface area (Å²) in [6.07, 6.45) is 5.07. The lowest BCUT2D eigenvalue weighted by Crippen LogP contribution is -2.15. The van der Waals surface area contributed by atoms with Gasteiger partial charge in [-0.25, -0.2) is 9.97 Å². The minimum Gasteiger partial charge on any atom is -0.310 e. The number of carbonyl (C=O) groups is 1. The van der Waals surface area contributed by atoms with E-state index >= 15 is 0 Å². The second-order valence-corrected chi connectivity index (χ2v) is 6.89. The van der Waals surface area contributed by atoms with Crippen LogP contribution in [0.2, 0.25) is 0 Å². The Morgan fingerprint density at radius 2 is 1.83 bits per heavy atom. The van der Waals surface area contributed by atoms with Crippen LogP contribution in [0, 0.1) is 12.9 Å². The van der Waals surface area contributed by atoms with Gasteiger partial charge in [0.1, 0.15) is 5.82 Å². The molecule has 0 saturated heterocycles. The van der Waals surface area contributed by atoms with Crippen LogP contribution in [0.25, 0.3) is 22.4 Å². The number of anilines is 1. The van der Waals surface area contributed by atoms with E-state index in [1.807, 2.05) is 49.4 Å². The summed E-state index contributed by atoms with van der Waals surface area (Å²) in [5.41, 5.74) is 5.21. The molecule has 1 aromatic carbocycles. The predicted molar refractivity (Wildman–Crippen MR) is 114 cm³/mol. The zero-order chi connectivity index (χ0) is 20.9. The molecular weight excluding hydrogens is 379 g/mol. The second kappa shape index (κ2) is 8.61. The fourth-order valence-corrected chi connectivity index (χ4v) is 3.25. The van der Waals surface area contributed by atoms with Gasteiger partial charge in [-0.1, -0.05) is 24.3 Å². The highest BCUT2D eigenvalue weighted by molar-refractivity contribution is 5.91. The molecule has 0 aliphatic heterocycles. The van der Waals surface area contributed by atoms with E-state index in [2.05, 4.69) is 20.3 Å². The van der Waals surface area contributed by atoms with Gasteiger partial charge in [0.2, 0.25) is 11.9 Å². The highest BCUT2D eigenvalue weighted by atomic mass is 19.1. The highest BCUT2D eigenvalue weighted by Crippen LogP contribution is 2.24. The molecule has 148 valence electrons. The van der Waals surface area contributed by atoms with Crippen molar-refractivity contribution < 1.29 is 9.18 Å². The van der Waals surface area contributed by atoms with Crippen LogP contribution in [-0.4, -0.2) is 20.9 Å². The molecule has 0 saturated carbocycles. The van der Waals surface area contributed by atoms with Gasteiger partial charge in [0.15, 0.2) is 0 Å². The number of rotatable bonds is 5. The standard InChI is InChI=1S/C24H19FN4O/c1-16-12-17(5-7-20(16)18-9-11-27-22(25)14-18)13-24(30)29-23-8-6-19(15-28-23)21-4-2-3-10-26-21/h2-12,14-15H,13H2,1H3,(H,28,29,30). The van der Waals surface area contributed by atoms with Gasteiger partial charge in [0.05, 0.1) is 12.1 Å². The first-order valence-corrected chi connectivity index (χ1v) is 9.47. The molecule has 0 aliphatic rings. The van der Waals surface area contributed by atoms with E-state index < -0.39 is 5.95 Å². The number of carbonyl (C=O) groups excluding carboxylic acids is 1. The van der Waals surface area contributed by atoms with E-state index in [9.17, 15) is 9.18 Å².